The van der Waals surface area contributed by atoms with Crippen LogP contribution in [0.15, 0.2) is 9.79 Å². The number of hydrogen-bond donors (Lipinski definition) is 7. The SMILES string of the molecule is CC=Nc1c(N[C@@H]2O[C@H](COP(=O)(O)OP(=O)(O)O)C(OC)C2O)nc(N)[nH]c1=O. The Morgan fingerprint density at radius 3 is 2.63 bits per heavy atom. The maximum absolute atomic E-state index is 12.0. The van der Waals surface area contributed by atoms with Crippen LogP contribution in [-0.4, -0.2) is 74.2 Å². The fourth-order valence-corrected chi connectivity index (χ4v) is 4.18. The second kappa shape index (κ2) is 9.62. The number of aliphatic hydroxyl groups excluding tert-OH is 1. The summed E-state index contributed by atoms with van der Waals surface area (Å²) in [7, 11) is -9.22. The number of nitrogen functional groups attached to an aromatic ring is 1. The van der Waals surface area contributed by atoms with E-state index in [-0.39, 0.29) is 17.5 Å². The molecular formula is C12H21N5O11P2. The Balaban J connectivity index is 2.17. The summed E-state index contributed by atoms with van der Waals surface area (Å²) in [6, 6.07) is 0. The van der Waals surface area contributed by atoms with Crippen molar-refractivity contribution in [1.82, 2.24) is 9.97 Å². The van der Waals surface area contributed by atoms with Crippen molar-refractivity contribution in [3.8, 4) is 0 Å². The van der Waals surface area contributed by atoms with Gasteiger partial charge < -0.3 is 40.3 Å². The molecule has 0 saturated carbocycles. The van der Waals surface area contributed by atoms with Gasteiger partial charge in [0.05, 0.1) is 6.61 Å². The Morgan fingerprint density at radius 1 is 1.40 bits per heavy atom. The molecule has 1 aromatic heterocycles. The Kier molecular flexibility index (Phi) is 7.87. The van der Waals surface area contributed by atoms with Crippen molar-refractivity contribution in [2.75, 3.05) is 24.8 Å². The van der Waals surface area contributed by atoms with E-state index in [1.165, 1.54) is 13.3 Å². The number of nitrogens with one attached hydrogen (secondary N) is 2. The van der Waals surface area contributed by atoms with Gasteiger partial charge in [-0.15, -0.1) is 0 Å². The quantitative estimate of drug-likeness (QED) is 0.165. The Morgan fingerprint density at radius 2 is 2.07 bits per heavy atom. The number of aliphatic imine (C=N–C) groups is 1. The molecule has 3 unspecified atom stereocenters. The van der Waals surface area contributed by atoms with Crippen molar-refractivity contribution >= 4 is 39.3 Å². The van der Waals surface area contributed by atoms with E-state index in [0.29, 0.717) is 0 Å². The van der Waals surface area contributed by atoms with Crippen LogP contribution in [0.1, 0.15) is 6.92 Å². The lowest BCUT2D eigenvalue weighted by Gasteiger charge is -2.19. The normalized spacial score (nSPS) is 26.7. The van der Waals surface area contributed by atoms with Gasteiger partial charge in [-0.1, -0.05) is 0 Å². The first-order chi connectivity index (χ1) is 13.9. The molecule has 1 aliphatic rings. The number of phosphoric ester groups is 1. The molecule has 1 aliphatic heterocycles. The predicted octanol–water partition coefficient (Wildman–Crippen LogP) is -1.19. The number of phosphoric acid groups is 2. The van der Waals surface area contributed by atoms with Crippen LogP contribution in [0.4, 0.5) is 17.5 Å². The largest absolute Gasteiger partial charge is 0.481 e. The van der Waals surface area contributed by atoms with E-state index in [4.69, 9.17) is 25.0 Å². The lowest BCUT2D eigenvalue weighted by molar-refractivity contribution is -0.0331. The number of rotatable bonds is 9. The third-order valence-electron chi connectivity index (χ3n) is 3.67. The molecule has 8 N–H and O–H groups in total. The lowest BCUT2D eigenvalue weighted by Crippen LogP contribution is -2.38. The van der Waals surface area contributed by atoms with Crippen molar-refractivity contribution < 1.29 is 47.2 Å². The molecule has 18 heteroatoms. The lowest BCUT2D eigenvalue weighted by atomic mass is 10.1. The van der Waals surface area contributed by atoms with Crippen LogP contribution in [0.25, 0.3) is 0 Å². The molecule has 2 rings (SSSR count). The van der Waals surface area contributed by atoms with E-state index in [2.05, 4.69) is 29.1 Å². The zero-order valence-electron chi connectivity index (χ0n) is 15.6. The molecular weight excluding hydrogens is 452 g/mol. The van der Waals surface area contributed by atoms with Gasteiger partial charge in [-0.25, -0.2) is 9.13 Å². The highest BCUT2D eigenvalue weighted by atomic mass is 31.3. The number of aromatic amines is 1. The van der Waals surface area contributed by atoms with Crippen LogP contribution < -0.4 is 16.6 Å². The summed E-state index contributed by atoms with van der Waals surface area (Å²) in [5, 5.41) is 13.1. The monoisotopic (exact) mass is 473 g/mol. The topological polar surface area (TPSA) is 248 Å². The van der Waals surface area contributed by atoms with Gasteiger partial charge in [0.25, 0.3) is 5.56 Å². The van der Waals surface area contributed by atoms with Gasteiger partial charge in [-0.2, -0.15) is 9.29 Å². The van der Waals surface area contributed by atoms with Crippen LogP contribution >= 0.6 is 15.6 Å². The number of hydrogen-bond acceptors (Lipinski definition) is 12. The average molecular weight is 473 g/mol. The maximum Gasteiger partial charge on any atom is 0.481 e. The highest BCUT2D eigenvalue weighted by molar-refractivity contribution is 7.60. The van der Waals surface area contributed by atoms with Gasteiger partial charge in [0.1, 0.15) is 18.3 Å². The van der Waals surface area contributed by atoms with Crippen molar-refractivity contribution in [2.45, 2.75) is 31.5 Å². The third kappa shape index (κ3) is 6.39. The van der Waals surface area contributed by atoms with Crippen LogP contribution in [-0.2, 0) is 27.4 Å². The smallest absolute Gasteiger partial charge is 0.386 e. The van der Waals surface area contributed by atoms with Crippen molar-refractivity contribution in [3.63, 3.8) is 0 Å². The molecule has 1 saturated heterocycles. The van der Waals surface area contributed by atoms with Gasteiger partial charge in [0.2, 0.25) is 5.95 Å². The first kappa shape index (κ1) is 24.6. The maximum atomic E-state index is 12.0. The van der Waals surface area contributed by atoms with E-state index in [1.807, 2.05) is 0 Å². The molecule has 1 aromatic rings. The molecule has 2 heterocycles. The summed E-state index contributed by atoms with van der Waals surface area (Å²) in [5.41, 5.74) is 4.71. The number of nitrogens with two attached hydrogens (primary N) is 1. The van der Waals surface area contributed by atoms with Gasteiger partial charge in [-0.3, -0.25) is 19.3 Å². The fourth-order valence-electron chi connectivity index (χ4n) is 2.58. The molecule has 0 bridgehead atoms. The second-order valence-electron chi connectivity index (χ2n) is 5.80. The molecule has 0 radical (unpaired) electrons. The van der Waals surface area contributed by atoms with Crippen molar-refractivity contribution in [3.05, 3.63) is 10.4 Å². The number of aromatic nitrogens is 2. The minimum Gasteiger partial charge on any atom is -0.386 e. The van der Waals surface area contributed by atoms with E-state index in [1.54, 1.807) is 6.92 Å². The molecule has 5 atom stereocenters. The van der Waals surface area contributed by atoms with Crippen LogP contribution in [0, 0.1) is 0 Å². The zero-order chi connectivity index (χ0) is 22.7. The highest BCUT2D eigenvalue weighted by Crippen LogP contribution is 2.57. The van der Waals surface area contributed by atoms with Crippen LogP contribution in [0.2, 0.25) is 0 Å². The Bertz CT molecular complexity index is 934. The molecule has 30 heavy (non-hydrogen) atoms. The standard InChI is InChI=1S/C12H21N5O11P2/c1-3-14-6-9(16-12(13)17-10(6)19)15-11-7(18)8(25-2)5(27-11)4-26-30(23,24)28-29(20,21)22/h3,5,7-8,11,18H,4H2,1-2H3,(H,23,24)(H2,20,21,22)(H4,13,15,16,17,19)/t5-,7?,8?,11-/m1/s1. The minimum absolute atomic E-state index is 0.118. The van der Waals surface area contributed by atoms with Crippen molar-refractivity contribution in [2.24, 2.45) is 4.99 Å². The molecule has 1 fully saturated rings. The summed E-state index contributed by atoms with van der Waals surface area (Å²) in [6.07, 6.45) is -3.58. The molecule has 0 aromatic carbocycles. The Labute approximate surface area is 168 Å². The van der Waals surface area contributed by atoms with Gasteiger partial charge in [-0.05, 0) is 6.92 Å². The van der Waals surface area contributed by atoms with E-state index in [0.717, 1.165) is 0 Å². The number of ether oxygens (including phenoxy) is 2. The molecule has 170 valence electrons. The number of nitrogens with zero attached hydrogens (tertiary/aromatic N) is 2. The van der Waals surface area contributed by atoms with E-state index >= 15 is 0 Å². The van der Waals surface area contributed by atoms with E-state index < -0.39 is 52.4 Å². The van der Waals surface area contributed by atoms with E-state index in [9.17, 15) is 23.9 Å². The summed E-state index contributed by atoms with van der Waals surface area (Å²) < 4.78 is 41.1. The Hall–Kier alpha value is -1.71. The number of aliphatic hydroxyl groups is 1. The molecule has 16 nitrogen and oxygen atoms in total. The number of H-pyrrole nitrogens is 1. The number of anilines is 2. The van der Waals surface area contributed by atoms with Gasteiger partial charge in [0, 0.05) is 13.3 Å². The predicted molar refractivity (Wildman–Crippen MR) is 101 cm³/mol. The summed E-state index contributed by atoms with van der Waals surface area (Å²) in [4.78, 5) is 48.6. The molecule has 0 spiro atoms. The third-order valence-corrected chi connectivity index (χ3v) is 5.82. The van der Waals surface area contributed by atoms with Gasteiger partial charge in [0.15, 0.2) is 17.7 Å². The zero-order valence-corrected chi connectivity index (χ0v) is 17.4. The van der Waals surface area contributed by atoms with Crippen molar-refractivity contribution in [1.29, 1.82) is 0 Å². The van der Waals surface area contributed by atoms with Crippen LogP contribution in [0.5, 0.6) is 0 Å². The minimum atomic E-state index is -5.30. The average Bonchev–Trinajstić information content (AvgIpc) is 2.89. The number of methoxy groups -OCH3 is 1. The summed E-state index contributed by atoms with van der Waals surface area (Å²) in [5.74, 6) is -0.350. The second-order valence-corrected chi connectivity index (χ2v) is 8.63. The highest BCUT2D eigenvalue weighted by Gasteiger charge is 2.46. The fraction of sp³-hybridized carbons (Fsp3) is 0.583. The van der Waals surface area contributed by atoms with Gasteiger partial charge >= 0.3 is 15.6 Å². The summed E-state index contributed by atoms with van der Waals surface area (Å²) in [6.45, 7) is 0.814. The molecule has 0 aliphatic carbocycles. The van der Waals surface area contributed by atoms with Crippen LogP contribution in [0.3, 0.4) is 0 Å². The first-order valence-corrected chi connectivity index (χ1v) is 11.1. The molecule has 0 amide bonds. The summed E-state index contributed by atoms with van der Waals surface area (Å²) >= 11 is 0. The first-order valence-electron chi connectivity index (χ1n) is 8.12.